The summed E-state index contributed by atoms with van der Waals surface area (Å²) in [6.45, 7) is 4.17. The normalized spacial score (nSPS) is 12.7. The highest BCUT2D eigenvalue weighted by atomic mass is 32.1. The Balaban J connectivity index is 2.35. The summed E-state index contributed by atoms with van der Waals surface area (Å²) < 4.78 is 0. The summed E-state index contributed by atoms with van der Waals surface area (Å²) in [6, 6.07) is 7.13. The molecule has 1 atom stereocenters. The minimum atomic E-state index is -0.909. The van der Waals surface area contributed by atoms with E-state index in [0.717, 1.165) is 21.1 Å². The van der Waals surface area contributed by atoms with Crippen molar-refractivity contribution in [1.82, 2.24) is 9.88 Å². The first-order chi connectivity index (χ1) is 9.40. The van der Waals surface area contributed by atoms with Crippen molar-refractivity contribution in [2.24, 2.45) is 0 Å². The van der Waals surface area contributed by atoms with Crippen LogP contribution in [0.3, 0.4) is 0 Å². The predicted molar refractivity (Wildman–Crippen MR) is 81.3 cm³/mol. The van der Waals surface area contributed by atoms with E-state index in [1.807, 2.05) is 33.2 Å². The van der Waals surface area contributed by atoms with Crippen LogP contribution < -0.4 is 0 Å². The van der Waals surface area contributed by atoms with Crippen LogP contribution in [0.2, 0.25) is 0 Å². The molecule has 1 aromatic heterocycles. The number of aromatic carboxylic acids is 1. The molecule has 0 bridgehead atoms. The molecule has 0 fully saturated rings. The lowest BCUT2D eigenvalue weighted by Gasteiger charge is -2.16. The molecule has 0 unspecified atom stereocenters. The maximum absolute atomic E-state index is 10.9. The molecule has 1 aromatic carbocycles. The van der Waals surface area contributed by atoms with E-state index in [9.17, 15) is 4.79 Å². The van der Waals surface area contributed by atoms with Crippen molar-refractivity contribution in [3.63, 3.8) is 0 Å². The van der Waals surface area contributed by atoms with Gasteiger partial charge < -0.3 is 10.0 Å². The molecule has 0 aliphatic rings. The van der Waals surface area contributed by atoms with Gasteiger partial charge in [0.1, 0.15) is 5.01 Å². The second kappa shape index (κ2) is 5.73. The number of carboxylic acid groups (broad SMARTS) is 1. The lowest BCUT2D eigenvalue weighted by molar-refractivity contribution is 0.0697. The molecule has 5 heteroatoms. The number of carbonyl (C=O) groups is 1. The average molecular weight is 290 g/mol. The van der Waals surface area contributed by atoms with E-state index in [1.54, 1.807) is 23.5 Å². The van der Waals surface area contributed by atoms with Crippen LogP contribution in [0.1, 0.15) is 33.2 Å². The number of thiazole rings is 1. The molecule has 1 N–H and O–H groups in total. The maximum Gasteiger partial charge on any atom is 0.335 e. The molecule has 0 radical (unpaired) electrons. The van der Waals surface area contributed by atoms with Gasteiger partial charge in [-0.1, -0.05) is 12.1 Å². The third-order valence-corrected chi connectivity index (χ3v) is 4.49. The summed E-state index contributed by atoms with van der Waals surface area (Å²) in [7, 11) is 4.06. The number of nitrogens with zero attached hydrogens (tertiary/aromatic N) is 2. The van der Waals surface area contributed by atoms with Crippen molar-refractivity contribution in [3.8, 4) is 11.3 Å². The van der Waals surface area contributed by atoms with Crippen LogP contribution in [0.5, 0.6) is 0 Å². The standard InChI is InChI=1S/C15H18N2O2S/c1-9(17(3)4)14-16-13(10(2)20-14)11-5-7-12(8-6-11)15(18)19/h5-9H,1-4H3,(H,18,19)/t9-/m0/s1. The Hall–Kier alpha value is -1.72. The van der Waals surface area contributed by atoms with Gasteiger partial charge in [-0.2, -0.15) is 0 Å². The zero-order valence-corrected chi connectivity index (χ0v) is 12.9. The van der Waals surface area contributed by atoms with E-state index in [1.165, 1.54) is 0 Å². The van der Waals surface area contributed by atoms with Crippen molar-refractivity contribution in [1.29, 1.82) is 0 Å². The molecule has 0 aliphatic carbocycles. The minimum absolute atomic E-state index is 0.269. The number of aromatic nitrogens is 1. The monoisotopic (exact) mass is 290 g/mol. The van der Waals surface area contributed by atoms with Crippen LogP contribution in [-0.2, 0) is 0 Å². The van der Waals surface area contributed by atoms with Crippen molar-refractivity contribution in [2.45, 2.75) is 19.9 Å². The van der Waals surface area contributed by atoms with Crippen molar-refractivity contribution in [2.75, 3.05) is 14.1 Å². The summed E-state index contributed by atoms with van der Waals surface area (Å²) >= 11 is 1.69. The van der Waals surface area contributed by atoms with Gasteiger partial charge in [-0.15, -0.1) is 11.3 Å². The third kappa shape index (κ3) is 2.89. The van der Waals surface area contributed by atoms with Crippen molar-refractivity contribution >= 4 is 17.3 Å². The minimum Gasteiger partial charge on any atom is -0.478 e. The molecule has 2 aromatic rings. The van der Waals surface area contributed by atoms with Crippen LogP contribution in [0.15, 0.2) is 24.3 Å². The highest BCUT2D eigenvalue weighted by molar-refractivity contribution is 7.12. The molecule has 0 saturated carbocycles. The fourth-order valence-corrected chi connectivity index (χ4v) is 2.95. The number of hydrogen-bond acceptors (Lipinski definition) is 4. The molecule has 1 heterocycles. The summed E-state index contributed by atoms with van der Waals surface area (Å²) in [5.74, 6) is -0.909. The molecule has 0 saturated heterocycles. The summed E-state index contributed by atoms with van der Waals surface area (Å²) in [4.78, 5) is 18.8. The van der Waals surface area contributed by atoms with Gasteiger partial charge >= 0.3 is 5.97 Å². The molecule has 0 spiro atoms. The maximum atomic E-state index is 10.9. The van der Waals surface area contributed by atoms with Crippen molar-refractivity contribution in [3.05, 3.63) is 39.7 Å². The first-order valence-corrected chi connectivity index (χ1v) is 7.19. The predicted octanol–water partition coefficient (Wildman–Crippen LogP) is 3.44. The quantitative estimate of drug-likeness (QED) is 0.937. The summed E-state index contributed by atoms with van der Waals surface area (Å²) in [5.41, 5.74) is 2.19. The molecular formula is C15H18N2O2S. The summed E-state index contributed by atoms with van der Waals surface area (Å²) in [6.07, 6.45) is 0. The van der Waals surface area contributed by atoms with Crippen molar-refractivity contribution < 1.29 is 9.90 Å². The molecule has 4 nitrogen and oxygen atoms in total. The second-order valence-corrected chi connectivity index (χ2v) is 6.21. The van der Waals surface area contributed by atoms with Crippen LogP contribution >= 0.6 is 11.3 Å². The highest BCUT2D eigenvalue weighted by Crippen LogP contribution is 2.31. The Morgan fingerprint density at radius 2 is 1.90 bits per heavy atom. The first-order valence-electron chi connectivity index (χ1n) is 6.37. The first kappa shape index (κ1) is 14.7. The largest absolute Gasteiger partial charge is 0.478 e. The fraction of sp³-hybridized carbons (Fsp3) is 0.333. The van der Waals surface area contributed by atoms with E-state index >= 15 is 0 Å². The van der Waals surface area contributed by atoms with E-state index in [-0.39, 0.29) is 6.04 Å². The Morgan fingerprint density at radius 1 is 1.30 bits per heavy atom. The molecule has 2 rings (SSSR count). The van der Waals surface area contributed by atoms with E-state index in [2.05, 4.69) is 11.8 Å². The van der Waals surface area contributed by atoms with Crippen LogP contribution in [0.25, 0.3) is 11.3 Å². The van der Waals surface area contributed by atoms with Gasteiger partial charge in [0.05, 0.1) is 17.3 Å². The van der Waals surface area contributed by atoms with Gasteiger partial charge in [-0.05, 0) is 40.1 Å². The lowest BCUT2D eigenvalue weighted by Crippen LogP contribution is -2.16. The fourth-order valence-electron chi connectivity index (χ4n) is 1.85. The highest BCUT2D eigenvalue weighted by Gasteiger charge is 2.16. The smallest absolute Gasteiger partial charge is 0.335 e. The number of rotatable bonds is 4. The van der Waals surface area contributed by atoms with Gasteiger partial charge in [-0.25, -0.2) is 9.78 Å². The van der Waals surface area contributed by atoms with E-state index in [4.69, 9.17) is 10.1 Å². The lowest BCUT2D eigenvalue weighted by atomic mass is 10.1. The molecule has 0 aliphatic heterocycles. The Kier molecular flexibility index (Phi) is 4.20. The van der Waals surface area contributed by atoms with Crippen LogP contribution in [-0.4, -0.2) is 35.1 Å². The summed E-state index contributed by atoms with van der Waals surface area (Å²) in [5, 5.41) is 9.99. The van der Waals surface area contributed by atoms with Gasteiger partial charge in [0.2, 0.25) is 0 Å². The topological polar surface area (TPSA) is 53.4 Å². The number of hydrogen-bond donors (Lipinski definition) is 1. The Bertz CT molecular complexity index is 617. The average Bonchev–Trinajstić information content (AvgIpc) is 2.79. The number of benzene rings is 1. The zero-order valence-electron chi connectivity index (χ0n) is 12.0. The number of aryl methyl sites for hydroxylation is 1. The van der Waals surface area contributed by atoms with Gasteiger partial charge in [0.25, 0.3) is 0 Å². The zero-order chi connectivity index (χ0) is 14.9. The third-order valence-electron chi connectivity index (χ3n) is 3.35. The number of carboxylic acids is 1. The SMILES string of the molecule is Cc1sc([C@H](C)N(C)C)nc1-c1ccc(C(=O)O)cc1. The van der Waals surface area contributed by atoms with E-state index < -0.39 is 5.97 Å². The molecular weight excluding hydrogens is 272 g/mol. The van der Waals surface area contributed by atoms with E-state index in [0.29, 0.717) is 5.56 Å². The Morgan fingerprint density at radius 3 is 2.40 bits per heavy atom. The molecule has 0 amide bonds. The Labute approximate surface area is 122 Å². The van der Waals surface area contributed by atoms with Gasteiger partial charge in [-0.3, -0.25) is 0 Å². The van der Waals surface area contributed by atoms with Crippen LogP contribution in [0.4, 0.5) is 0 Å². The van der Waals surface area contributed by atoms with Gasteiger partial charge in [0, 0.05) is 10.4 Å². The van der Waals surface area contributed by atoms with Gasteiger partial charge in [0.15, 0.2) is 0 Å². The second-order valence-electron chi connectivity index (χ2n) is 4.98. The molecule has 106 valence electrons. The van der Waals surface area contributed by atoms with Crippen LogP contribution in [0, 0.1) is 6.92 Å². The molecule has 20 heavy (non-hydrogen) atoms.